The average molecular weight is 290 g/mol. The molecule has 0 saturated heterocycles. The van der Waals surface area contributed by atoms with Crippen molar-refractivity contribution in [1.82, 2.24) is 9.78 Å². The minimum atomic E-state index is -0.253. The summed E-state index contributed by atoms with van der Waals surface area (Å²) in [5, 5.41) is 12.7. The number of aromatic nitrogens is 2. The summed E-state index contributed by atoms with van der Waals surface area (Å²) in [5.41, 5.74) is 1.28. The van der Waals surface area contributed by atoms with E-state index in [1.165, 1.54) is 6.07 Å². The van der Waals surface area contributed by atoms with Crippen LogP contribution in [0.25, 0.3) is 0 Å². The van der Waals surface area contributed by atoms with Gasteiger partial charge < -0.3 is 5.11 Å². The third kappa shape index (κ3) is 4.12. The van der Waals surface area contributed by atoms with Crippen molar-refractivity contribution >= 4 is 11.8 Å². The molecule has 3 nitrogen and oxygen atoms in total. The van der Waals surface area contributed by atoms with Gasteiger partial charge >= 0.3 is 0 Å². The van der Waals surface area contributed by atoms with Crippen molar-refractivity contribution in [2.45, 2.75) is 17.1 Å². The summed E-state index contributed by atoms with van der Waals surface area (Å²) in [6, 6.07) is 4.98. The lowest BCUT2D eigenvalue weighted by Crippen LogP contribution is -1.89. The summed E-state index contributed by atoms with van der Waals surface area (Å²) in [4.78, 5) is 1.01. The van der Waals surface area contributed by atoms with Crippen molar-refractivity contribution in [2.75, 3.05) is 6.61 Å². The van der Waals surface area contributed by atoms with Gasteiger partial charge in [-0.25, -0.2) is 4.39 Å². The second-order valence-electron chi connectivity index (χ2n) is 4.22. The minimum absolute atomic E-state index is 0.0231. The number of halogens is 1. The van der Waals surface area contributed by atoms with Gasteiger partial charge in [-0.05, 0) is 17.7 Å². The quantitative estimate of drug-likeness (QED) is 0.695. The first-order chi connectivity index (χ1) is 9.69. The highest BCUT2D eigenvalue weighted by atomic mass is 32.2. The Balaban J connectivity index is 2.01. The fourth-order valence-corrected chi connectivity index (χ4v) is 2.50. The van der Waals surface area contributed by atoms with E-state index in [4.69, 9.17) is 5.11 Å². The van der Waals surface area contributed by atoms with Crippen LogP contribution >= 0.6 is 11.8 Å². The molecule has 2 rings (SSSR count). The van der Waals surface area contributed by atoms with Gasteiger partial charge in [0.15, 0.2) is 0 Å². The predicted octanol–water partition coefficient (Wildman–Crippen LogP) is 2.59. The maximum absolute atomic E-state index is 13.9. The van der Waals surface area contributed by atoms with Crippen LogP contribution in [-0.2, 0) is 12.8 Å². The Kier molecular flexibility index (Phi) is 5.22. The number of benzene rings is 1. The molecule has 0 amide bonds. The second kappa shape index (κ2) is 7.13. The smallest absolute Gasteiger partial charge is 0.128 e. The lowest BCUT2D eigenvalue weighted by atomic mass is 10.1. The standard InChI is InChI=1S/C15H15FN2OS/c1-18-10-14(9-17-18)20-11-13-6-5-12(8-15(13)16)4-2-3-7-19/h5-6,8-10,19H,3,7,11H2,1H3. The molecule has 20 heavy (non-hydrogen) atoms. The maximum Gasteiger partial charge on any atom is 0.128 e. The maximum atomic E-state index is 13.9. The van der Waals surface area contributed by atoms with Crippen molar-refractivity contribution in [3.63, 3.8) is 0 Å². The number of hydrogen-bond donors (Lipinski definition) is 1. The number of nitrogens with zero attached hydrogens (tertiary/aromatic N) is 2. The average Bonchev–Trinajstić information content (AvgIpc) is 2.84. The van der Waals surface area contributed by atoms with Gasteiger partial charge in [-0.1, -0.05) is 17.9 Å². The molecular weight excluding hydrogens is 275 g/mol. The van der Waals surface area contributed by atoms with Gasteiger partial charge in [0.1, 0.15) is 5.82 Å². The Bertz CT molecular complexity index is 643. The van der Waals surface area contributed by atoms with E-state index in [0.29, 0.717) is 23.3 Å². The second-order valence-corrected chi connectivity index (χ2v) is 5.27. The number of aliphatic hydroxyl groups excluding tert-OH is 1. The molecule has 0 aliphatic heterocycles. The van der Waals surface area contributed by atoms with Crippen molar-refractivity contribution < 1.29 is 9.50 Å². The van der Waals surface area contributed by atoms with E-state index >= 15 is 0 Å². The number of aliphatic hydroxyl groups is 1. The zero-order chi connectivity index (χ0) is 14.4. The molecule has 1 heterocycles. The van der Waals surface area contributed by atoms with Crippen LogP contribution in [-0.4, -0.2) is 21.5 Å². The first kappa shape index (κ1) is 14.6. The van der Waals surface area contributed by atoms with Crippen molar-refractivity contribution in [1.29, 1.82) is 0 Å². The van der Waals surface area contributed by atoms with Crippen molar-refractivity contribution in [3.8, 4) is 11.8 Å². The molecule has 0 radical (unpaired) electrons. The molecule has 0 atom stereocenters. The van der Waals surface area contributed by atoms with Gasteiger partial charge in [0.2, 0.25) is 0 Å². The lowest BCUT2D eigenvalue weighted by Gasteiger charge is -2.02. The topological polar surface area (TPSA) is 38.0 Å². The Morgan fingerprint density at radius 3 is 2.95 bits per heavy atom. The predicted molar refractivity (Wildman–Crippen MR) is 77.7 cm³/mol. The molecule has 1 aromatic carbocycles. The first-order valence-electron chi connectivity index (χ1n) is 6.18. The van der Waals surface area contributed by atoms with Crippen LogP contribution in [0, 0.1) is 17.7 Å². The van der Waals surface area contributed by atoms with Gasteiger partial charge in [-0.2, -0.15) is 5.10 Å². The van der Waals surface area contributed by atoms with E-state index in [-0.39, 0.29) is 12.4 Å². The number of aryl methyl sites for hydroxylation is 1. The largest absolute Gasteiger partial charge is 0.395 e. The van der Waals surface area contributed by atoms with Crippen LogP contribution < -0.4 is 0 Å². The van der Waals surface area contributed by atoms with Crippen LogP contribution in [0.15, 0.2) is 35.5 Å². The molecule has 0 fully saturated rings. The summed E-state index contributed by atoms with van der Waals surface area (Å²) in [6.45, 7) is 0.0231. The normalized spacial score (nSPS) is 10.2. The van der Waals surface area contributed by atoms with Crippen LogP contribution in [0.4, 0.5) is 4.39 Å². The summed E-state index contributed by atoms with van der Waals surface area (Å²) >= 11 is 1.54. The van der Waals surface area contributed by atoms with E-state index in [1.54, 1.807) is 34.8 Å². The van der Waals surface area contributed by atoms with Crippen molar-refractivity contribution in [2.24, 2.45) is 7.05 Å². The minimum Gasteiger partial charge on any atom is -0.395 e. The van der Waals surface area contributed by atoms with Crippen LogP contribution in [0.5, 0.6) is 0 Å². The van der Waals surface area contributed by atoms with E-state index in [0.717, 1.165) is 4.90 Å². The molecule has 1 N–H and O–H groups in total. The lowest BCUT2D eigenvalue weighted by molar-refractivity contribution is 0.305. The third-order valence-electron chi connectivity index (χ3n) is 2.60. The molecule has 0 spiro atoms. The highest BCUT2D eigenvalue weighted by molar-refractivity contribution is 7.98. The molecule has 2 aromatic rings. The summed E-state index contributed by atoms with van der Waals surface area (Å²) < 4.78 is 15.6. The molecule has 0 aliphatic carbocycles. The fourth-order valence-electron chi connectivity index (χ4n) is 1.60. The molecule has 0 aliphatic rings. The van der Waals surface area contributed by atoms with E-state index in [2.05, 4.69) is 16.9 Å². The zero-order valence-corrected chi connectivity index (χ0v) is 12.0. The van der Waals surface area contributed by atoms with E-state index in [9.17, 15) is 4.39 Å². The van der Waals surface area contributed by atoms with Gasteiger partial charge in [0, 0.05) is 35.9 Å². The van der Waals surface area contributed by atoms with E-state index < -0.39 is 0 Å². The molecular formula is C15H15FN2OS. The highest BCUT2D eigenvalue weighted by Crippen LogP contribution is 2.23. The van der Waals surface area contributed by atoms with Crippen molar-refractivity contribution in [3.05, 3.63) is 47.5 Å². The van der Waals surface area contributed by atoms with Crippen LogP contribution in [0.1, 0.15) is 17.5 Å². The van der Waals surface area contributed by atoms with Crippen LogP contribution in [0.2, 0.25) is 0 Å². The van der Waals surface area contributed by atoms with Crippen LogP contribution in [0.3, 0.4) is 0 Å². The van der Waals surface area contributed by atoms with Gasteiger partial charge in [-0.3, -0.25) is 4.68 Å². The molecule has 104 valence electrons. The monoisotopic (exact) mass is 290 g/mol. The Hall–Kier alpha value is -1.77. The Labute approximate surface area is 121 Å². The van der Waals surface area contributed by atoms with Gasteiger partial charge in [0.25, 0.3) is 0 Å². The number of hydrogen-bond acceptors (Lipinski definition) is 3. The summed E-state index contributed by atoms with van der Waals surface area (Å²) in [5.74, 6) is 5.90. The molecule has 0 unspecified atom stereocenters. The Morgan fingerprint density at radius 2 is 2.30 bits per heavy atom. The number of rotatable bonds is 4. The number of thioether (sulfide) groups is 1. The molecule has 1 aromatic heterocycles. The molecule has 5 heteroatoms. The highest BCUT2D eigenvalue weighted by Gasteiger charge is 2.05. The first-order valence-corrected chi connectivity index (χ1v) is 7.17. The Morgan fingerprint density at radius 1 is 1.45 bits per heavy atom. The molecule has 0 bridgehead atoms. The third-order valence-corrected chi connectivity index (χ3v) is 3.60. The SMILES string of the molecule is Cn1cc(SCc2ccc(C#CCCO)cc2F)cn1. The fraction of sp³-hybridized carbons (Fsp3) is 0.267. The summed E-state index contributed by atoms with van der Waals surface area (Å²) in [6.07, 6.45) is 4.06. The zero-order valence-electron chi connectivity index (χ0n) is 11.1. The summed E-state index contributed by atoms with van der Waals surface area (Å²) in [7, 11) is 1.85. The van der Waals surface area contributed by atoms with E-state index in [1.807, 2.05) is 13.2 Å². The van der Waals surface area contributed by atoms with Gasteiger partial charge in [0.05, 0.1) is 12.8 Å². The van der Waals surface area contributed by atoms with Gasteiger partial charge in [-0.15, -0.1) is 11.8 Å². The molecule has 0 saturated carbocycles.